The minimum absolute atomic E-state index is 0.397. The van der Waals surface area contributed by atoms with E-state index in [2.05, 4.69) is 89.2 Å². The zero-order chi connectivity index (χ0) is 18.0. The molecule has 0 aromatic heterocycles. The fraction of sp³-hybridized carbons (Fsp3) is 0.360. The van der Waals surface area contributed by atoms with E-state index in [9.17, 15) is 0 Å². The minimum Gasteiger partial charge on any atom is -0.0764 e. The van der Waals surface area contributed by atoms with E-state index in [1.165, 1.54) is 46.2 Å². The Morgan fingerprint density at radius 1 is 0.760 bits per heavy atom. The summed E-state index contributed by atoms with van der Waals surface area (Å²) < 4.78 is 0. The van der Waals surface area contributed by atoms with E-state index in [1.807, 2.05) is 0 Å². The highest BCUT2D eigenvalue weighted by molar-refractivity contribution is 5.45. The van der Waals surface area contributed by atoms with E-state index < -0.39 is 0 Å². The fourth-order valence-corrected chi connectivity index (χ4v) is 4.38. The molecule has 2 aromatic rings. The zero-order valence-electron chi connectivity index (χ0n) is 16.3. The van der Waals surface area contributed by atoms with Crippen LogP contribution in [0.4, 0.5) is 0 Å². The molecule has 1 aliphatic rings. The van der Waals surface area contributed by atoms with Crippen molar-refractivity contribution in [1.29, 1.82) is 0 Å². The van der Waals surface area contributed by atoms with Crippen LogP contribution in [0, 0.1) is 33.6 Å². The molecular formula is C25H30. The Labute approximate surface area is 153 Å². The lowest BCUT2D eigenvalue weighted by Gasteiger charge is -2.28. The Morgan fingerprint density at radius 2 is 1.24 bits per heavy atom. The van der Waals surface area contributed by atoms with E-state index in [1.54, 1.807) is 5.57 Å². The average Bonchev–Trinajstić information content (AvgIpc) is 2.94. The summed E-state index contributed by atoms with van der Waals surface area (Å²) in [5.74, 6) is 0.871. The molecule has 0 heterocycles. The number of aryl methyl sites for hydroxylation is 4. The van der Waals surface area contributed by atoms with Crippen molar-refractivity contribution in [1.82, 2.24) is 0 Å². The van der Waals surface area contributed by atoms with Crippen LogP contribution in [-0.4, -0.2) is 0 Å². The first-order chi connectivity index (χ1) is 12.0. The van der Waals surface area contributed by atoms with E-state index in [4.69, 9.17) is 0 Å². The Morgan fingerprint density at radius 3 is 1.68 bits per heavy atom. The van der Waals surface area contributed by atoms with Crippen LogP contribution in [0.3, 0.4) is 0 Å². The molecule has 130 valence electrons. The van der Waals surface area contributed by atoms with E-state index in [0.29, 0.717) is 11.8 Å². The third-order valence-electron chi connectivity index (χ3n) is 5.16. The smallest absolute Gasteiger partial charge is 0.0190 e. The second-order valence-corrected chi connectivity index (χ2v) is 7.72. The predicted molar refractivity (Wildman–Crippen MR) is 109 cm³/mol. The molecule has 2 aromatic carbocycles. The second kappa shape index (κ2) is 7.44. The summed E-state index contributed by atoms with van der Waals surface area (Å²) in [4.78, 5) is 0. The van der Waals surface area contributed by atoms with Gasteiger partial charge >= 0.3 is 0 Å². The lowest BCUT2D eigenvalue weighted by atomic mass is 9.76. The first-order valence-electron chi connectivity index (χ1n) is 9.51. The molecule has 1 aliphatic carbocycles. The van der Waals surface area contributed by atoms with Gasteiger partial charge in [-0.25, -0.2) is 0 Å². The Bertz CT molecular complexity index is 728. The SMILES string of the molecule is CCCC1=CC=CC1C(c1cc(C)cc(C)c1)c1cc(C)cc(C)c1. The number of rotatable bonds is 5. The van der Waals surface area contributed by atoms with Crippen LogP contribution in [0.15, 0.2) is 60.2 Å². The van der Waals surface area contributed by atoms with Gasteiger partial charge in [-0.3, -0.25) is 0 Å². The van der Waals surface area contributed by atoms with E-state index in [0.717, 1.165) is 0 Å². The molecule has 0 saturated heterocycles. The van der Waals surface area contributed by atoms with Crippen molar-refractivity contribution in [2.24, 2.45) is 5.92 Å². The van der Waals surface area contributed by atoms with Gasteiger partial charge in [-0.1, -0.05) is 95.8 Å². The summed E-state index contributed by atoms with van der Waals surface area (Å²) in [6.07, 6.45) is 9.39. The monoisotopic (exact) mass is 330 g/mol. The molecule has 0 aliphatic heterocycles. The molecule has 1 atom stereocenters. The molecule has 0 fully saturated rings. The molecule has 0 nitrogen and oxygen atoms in total. The highest BCUT2D eigenvalue weighted by Crippen LogP contribution is 2.41. The molecule has 0 N–H and O–H groups in total. The Kier molecular flexibility index (Phi) is 5.27. The van der Waals surface area contributed by atoms with Gasteiger partial charge in [0.1, 0.15) is 0 Å². The van der Waals surface area contributed by atoms with Crippen molar-refractivity contribution in [3.8, 4) is 0 Å². The molecule has 25 heavy (non-hydrogen) atoms. The van der Waals surface area contributed by atoms with E-state index in [-0.39, 0.29) is 0 Å². The van der Waals surface area contributed by atoms with Gasteiger partial charge in [-0.05, 0) is 45.2 Å². The van der Waals surface area contributed by atoms with Gasteiger partial charge < -0.3 is 0 Å². The third-order valence-corrected chi connectivity index (χ3v) is 5.16. The molecule has 0 amide bonds. The van der Waals surface area contributed by atoms with Crippen molar-refractivity contribution >= 4 is 0 Å². The highest BCUT2D eigenvalue weighted by Gasteiger charge is 2.28. The summed E-state index contributed by atoms with van der Waals surface area (Å²) in [6, 6.07) is 14.1. The lowest BCUT2D eigenvalue weighted by Crippen LogP contribution is -2.14. The number of benzene rings is 2. The molecule has 0 saturated carbocycles. The fourth-order valence-electron chi connectivity index (χ4n) is 4.38. The third kappa shape index (κ3) is 3.95. The number of hydrogen-bond acceptors (Lipinski definition) is 0. The van der Waals surface area contributed by atoms with Gasteiger partial charge in [0.05, 0.1) is 0 Å². The molecule has 0 heteroatoms. The van der Waals surface area contributed by atoms with Gasteiger partial charge in [0, 0.05) is 11.8 Å². The molecule has 1 unspecified atom stereocenters. The van der Waals surface area contributed by atoms with Gasteiger partial charge in [0.15, 0.2) is 0 Å². The van der Waals surface area contributed by atoms with Gasteiger partial charge in [0.2, 0.25) is 0 Å². The summed E-state index contributed by atoms with van der Waals surface area (Å²) >= 11 is 0. The van der Waals surface area contributed by atoms with Crippen molar-refractivity contribution < 1.29 is 0 Å². The molecule has 0 bridgehead atoms. The molecule has 3 rings (SSSR count). The van der Waals surface area contributed by atoms with Crippen LogP contribution in [0.5, 0.6) is 0 Å². The maximum atomic E-state index is 2.41. The first kappa shape index (κ1) is 17.7. The van der Waals surface area contributed by atoms with Crippen molar-refractivity contribution in [2.45, 2.75) is 53.4 Å². The van der Waals surface area contributed by atoms with Crippen LogP contribution in [0.25, 0.3) is 0 Å². The number of hydrogen-bond donors (Lipinski definition) is 0. The highest BCUT2D eigenvalue weighted by atomic mass is 14.3. The lowest BCUT2D eigenvalue weighted by molar-refractivity contribution is 0.625. The van der Waals surface area contributed by atoms with Gasteiger partial charge in [-0.15, -0.1) is 0 Å². The largest absolute Gasteiger partial charge is 0.0764 e. The van der Waals surface area contributed by atoms with Gasteiger partial charge in [0.25, 0.3) is 0 Å². The van der Waals surface area contributed by atoms with Crippen molar-refractivity contribution in [3.63, 3.8) is 0 Å². The minimum atomic E-state index is 0.397. The van der Waals surface area contributed by atoms with E-state index >= 15 is 0 Å². The van der Waals surface area contributed by atoms with Gasteiger partial charge in [-0.2, -0.15) is 0 Å². The Hall–Kier alpha value is -2.08. The Balaban J connectivity index is 2.14. The normalized spacial score (nSPS) is 16.6. The summed E-state index contributed by atoms with van der Waals surface area (Å²) in [5, 5.41) is 0. The first-order valence-corrected chi connectivity index (χ1v) is 9.51. The second-order valence-electron chi connectivity index (χ2n) is 7.72. The van der Waals surface area contributed by atoms with Crippen molar-refractivity contribution in [2.75, 3.05) is 0 Å². The van der Waals surface area contributed by atoms with Crippen LogP contribution < -0.4 is 0 Å². The predicted octanol–water partition coefficient (Wildman–Crippen LogP) is 6.96. The summed E-state index contributed by atoms with van der Waals surface area (Å²) in [7, 11) is 0. The maximum Gasteiger partial charge on any atom is 0.0190 e. The molecule has 0 spiro atoms. The number of allylic oxidation sites excluding steroid dienone is 4. The standard InChI is InChI=1S/C25H30/c1-6-8-21-9-7-10-24(21)25(22-13-17(2)11-18(3)14-22)23-15-19(4)12-20(5)16-23/h7,9-16,24-25H,6,8H2,1-5H3. The quantitative estimate of drug-likeness (QED) is 0.555. The summed E-state index contributed by atoms with van der Waals surface area (Å²) in [6.45, 7) is 11.1. The van der Waals surface area contributed by atoms with Crippen LogP contribution >= 0.6 is 0 Å². The zero-order valence-corrected chi connectivity index (χ0v) is 16.3. The topological polar surface area (TPSA) is 0 Å². The van der Waals surface area contributed by atoms with Crippen LogP contribution in [0.1, 0.15) is 59.1 Å². The molecule has 0 radical (unpaired) electrons. The van der Waals surface area contributed by atoms with Crippen LogP contribution in [0.2, 0.25) is 0 Å². The average molecular weight is 331 g/mol. The maximum absolute atomic E-state index is 2.41. The molecular weight excluding hydrogens is 300 g/mol. The summed E-state index contributed by atoms with van der Waals surface area (Å²) in [5.41, 5.74) is 9.88. The van der Waals surface area contributed by atoms with Crippen molar-refractivity contribution in [3.05, 3.63) is 93.6 Å². The van der Waals surface area contributed by atoms with Crippen LogP contribution in [-0.2, 0) is 0 Å².